The van der Waals surface area contributed by atoms with Crippen molar-refractivity contribution >= 4 is 11.7 Å². The lowest BCUT2D eigenvalue weighted by Crippen LogP contribution is -2.42. The molecule has 0 saturated carbocycles. The molecule has 1 amide bonds. The Morgan fingerprint density at radius 3 is 1.68 bits per heavy atom. The zero-order valence-electron chi connectivity index (χ0n) is 15.0. The fraction of sp³-hybridized carbons (Fsp3) is 0.765. The quantitative estimate of drug-likeness (QED) is 0.569. The molecule has 0 atom stereocenters. The van der Waals surface area contributed by atoms with Crippen molar-refractivity contribution in [3.63, 3.8) is 0 Å². The summed E-state index contributed by atoms with van der Waals surface area (Å²) in [6.45, 7) is 14.7. The van der Waals surface area contributed by atoms with E-state index in [1.807, 2.05) is 13.8 Å². The Bertz CT molecular complexity index is 349. The molecular weight excluding hydrogens is 278 g/mol. The minimum absolute atomic E-state index is 0.0195. The van der Waals surface area contributed by atoms with Gasteiger partial charge in [-0.3, -0.25) is 9.59 Å². The summed E-state index contributed by atoms with van der Waals surface area (Å²) in [5, 5.41) is 6.62. The topological polar surface area (TPSA) is 61.4 Å². The molecule has 0 aromatic heterocycles. The van der Waals surface area contributed by atoms with Gasteiger partial charge in [0.2, 0.25) is 5.91 Å². The van der Waals surface area contributed by atoms with Crippen molar-refractivity contribution in [2.45, 2.75) is 53.6 Å². The maximum absolute atomic E-state index is 12.3. The molecule has 2 N–H and O–H groups in total. The van der Waals surface area contributed by atoms with Gasteiger partial charge in [0.05, 0.1) is 0 Å². The number of nitrogens with one attached hydrogen (secondary N) is 2. The van der Waals surface area contributed by atoms with Crippen molar-refractivity contribution in [1.82, 2.24) is 15.5 Å². The van der Waals surface area contributed by atoms with Crippen molar-refractivity contribution < 1.29 is 9.59 Å². The molecule has 0 aliphatic rings. The van der Waals surface area contributed by atoms with E-state index in [0.717, 1.165) is 13.1 Å². The van der Waals surface area contributed by atoms with Crippen molar-refractivity contribution in [2.75, 3.05) is 26.2 Å². The average molecular weight is 311 g/mol. The molecule has 0 rings (SSSR count). The predicted molar refractivity (Wildman–Crippen MR) is 91.8 cm³/mol. The van der Waals surface area contributed by atoms with Crippen LogP contribution in [-0.4, -0.2) is 54.9 Å². The molecule has 0 aliphatic heterocycles. The molecule has 0 saturated heterocycles. The Hall–Kier alpha value is -1.20. The summed E-state index contributed by atoms with van der Waals surface area (Å²) in [4.78, 5) is 25.6. The number of ketones is 1. The standard InChI is InChI=1S/C17H33N3O2/c1-13(2)16(21)7-8-17(22)20(11-9-18-14(3)4)12-10-19-15(5)6/h7-8,13-15,18-19H,9-12H2,1-6H3/b8-7-. The third-order valence-corrected chi connectivity index (χ3v) is 3.14. The second-order valence-corrected chi connectivity index (χ2v) is 6.43. The first-order valence-electron chi connectivity index (χ1n) is 8.21. The van der Waals surface area contributed by atoms with Gasteiger partial charge in [-0.25, -0.2) is 0 Å². The van der Waals surface area contributed by atoms with Crippen LogP contribution >= 0.6 is 0 Å². The number of carbonyl (C=O) groups is 2. The van der Waals surface area contributed by atoms with Gasteiger partial charge in [0.25, 0.3) is 0 Å². The summed E-state index contributed by atoms with van der Waals surface area (Å²) in [5.41, 5.74) is 0. The second-order valence-electron chi connectivity index (χ2n) is 6.43. The Kier molecular flexibility index (Phi) is 10.8. The van der Waals surface area contributed by atoms with E-state index >= 15 is 0 Å². The Balaban J connectivity index is 4.52. The molecule has 0 radical (unpaired) electrons. The van der Waals surface area contributed by atoms with Crippen molar-refractivity contribution in [3.05, 3.63) is 12.2 Å². The van der Waals surface area contributed by atoms with Crippen LogP contribution in [-0.2, 0) is 9.59 Å². The Morgan fingerprint density at radius 1 is 0.864 bits per heavy atom. The van der Waals surface area contributed by atoms with Crippen LogP contribution in [0, 0.1) is 5.92 Å². The number of amides is 1. The third-order valence-electron chi connectivity index (χ3n) is 3.14. The summed E-state index contributed by atoms with van der Waals surface area (Å²) in [7, 11) is 0. The molecule has 0 aliphatic carbocycles. The van der Waals surface area contributed by atoms with E-state index in [1.54, 1.807) is 4.90 Å². The lowest BCUT2D eigenvalue weighted by Gasteiger charge is -2.23. The van der Waals surface area contributed by atoms with E-state index in [2.05, 4.69) is 38.3 Å². The smallest absolute Gasteiger partial charge is 0.246 e. The highest BCUT2D eigenvalue weighted by Crippen LogP contribution is 1.98. The van der Waals surface area contributed by atoms with E-state index in [-0.39, 0.29) is 17.6 Å². The minimum atomic E-state index is -0.106. The normalized spacial score (nSPS) is 11.9. The largest absolute Gasteiger partial charge is 0.337 e. The molecule has 0 aromatic carbocycles. The van der Waals surface area contributed by atoms with Gasteiger partial charge in [-0.05, 0) is 6.08 Å². The van der Waals surface area contributed by atoms with E-state index in [9.17, 15) is 9.59 Å². The number of nitrogens with zero attached hydrogens (tertiary/aromatic N) is 1. The van der Waals surface area contributed by atoms with Gasteiger partial charge in [0.1, 0.15) is 0 Å². The van der Waals surface area contributed by atoms with Crippen LogP contribution < -0.4 is 10.6 Å². The number of hydrogen-bond donors (Lipinski definition) is 2. The fourth-order valence-corrected chi connectivity index (χ4v) is 1.76. The summed E-state index contributed by atoms with van der Waals surface area (Å²) in [6.07, 6.45) is 2.79. The van der Waals surface area contributed by atoms with Crippen LogP contribution in [0.3, 0.4) is 0 Å². The molecule has 0 unspecified atom stereocenters. The van der Waals surface area contributed by atoms with E-state index in [1.165, 1.54) is 12.2 Å². The van der Waals surface area contributed by atoms with Crippen molar-refractivity contribution in [3.8, 4) is 0 Å². The summed E-state index contributed by atoms with van der Waals surface area (Å²) < 4.78 is 0. The fourth-order valence-electron chi connectivity index (χ4n) is 1.76. The first-order valence-corrected chi connectivity index (χ1v) is 8.21. The summed E-state index contributed by atoms with van der Waals surface area (Å²) >= 11 is 0. The molecule has 0 bridgehead atoms. The van der Waals surface area contributed by atoms with Gasteiger partial charge in [0.15, 0.2) is 5.78 Å². The van der Waals surface area contributed by atoms with Crippen LogP contribution in [0.25, 0.3) is 0 Å². The van der Waals surface area contributed by atoms with Crippen molar-refractivity contribution in [2.24, 2.45) is 5.92 Å². The maximum Gasteiger partial charge on any atom is 0.246 e. The lowest BCUT2D eigenvalue weighted by molar-refractivity contribution is -0.126. The zero-order chi connectivity index (χ0) is 17.1. The van der Waals surface area contributed by atoms with Crippen LogP contribution in [0.15, 0.2) is 12.2 Å². The zero-order valence-corrected chi connectivity index (χ0v) is 15.0. The monoisotopic (exact) mass is 311 g/mol. The summed E-state index contributed by atoms with van der Waals surface area (Å²) in [6, 6.07) is 0.785. The van der Waals surface area contributed by atoms with Gasteiger partial charge in [-0.1, -0.05) is 41.5 Å². The van der Waals surface area contributed by atoms with E-state index < -0.39 is 0 Å². The average Bonchev–Trinajstić information content (AvgIpc) is 2.41. The minimum Gasteiger partial charge on any atom is -0.337 e. The number of carbonyl (C=O) groups excluding carboxylic acids is 2. The predicted octanol–water partition coefficient (Wildman–Crippen LogP) is 1.59. The van der Waals surface area contributed by atoms with Crippen LogP contribution in [0.1, 0.15) is 41.5 Å². The first kappa shape index (κ1) is 20.8. The van der Waals surface area contributed by atoms with Gasteiger partial charge in [-0.2, -0.15) is 0 Å². The first-order chi connectivity index (χ1) is 10.2. The Morgan fingerprint density at radius 2 is 1.32 bits per heavy atom. The van der Waals surface area contributed by atoms with Gasteiger partial charge >= 0.3 is 0 Å². The number of allylic oxidation sites excluding steroid dienone is 1. The van der Waals surface area contributed by atoms with E-state index in [0.29, 0.717) is 25.2 Å². The molecule has 0 aromatic rings. The number of rotatable bonds is 11. The lowest BCUT2D eigenvalue weighted by atomic mass is 10.1. The molecule has 128 valence electrons. The third kappa shape index (κ3) is 10.5. The SMILES string of the molecule is CC(C)NCCN(CCNC(C)C)C(=O)/C=C\C(=O)C(C)C. The molecule has 5 heteroatoms. The van der Waals surface area contributed by atoms with Gasteiger partial charge in [0, 0.05) is 50.3 Å². The molecule has 0 fully saturated rings. The maximum atomic E-state index is 12.3. The molecule has 0 heterocycles. The highest BCUT2D eigenvalue weighted by Gasteiger charge is 2.11. The highest BCUT2D eigenvalue weighted by molar-refractivity contribution is 5.98. The van der Waals surface area contributed by atoms with Gasteiger partial charge < -0.3 is 15.5 Å². The Labute approximate surface area is 135 Å². The second kappa shape index (κ2) is 11.4. The van der Waals surface area contributed by atoms with Crippen LogP contribution in [0.5, 0.6) is 0 Å². The van der Waals surface area contributed by atoms with E-state index in [4.69, 9.17) is 0 Å². The highest BCUT2D eigenvalue weighted by atomic mass is 16.2. The molecule has 5 nitrogen and oxygen atoms in total. The van der Waals surface area contributed by atoms with Crippen molar-refractivity contribution in [1.29, 1.82) is 0 Å². The molecular formula is C17H33N3O2. The van der Waals surface area contributed by atoms with Crippen LogP contribution in [0.4, 0.5) is 0 Å². The summed E-state index contributed by atoms with van der Waals surface area (Å²) in [5.74, 6) is -0.207. The van der Waals surface area contributed by atoms with Crippen LogP contribution in [0.2, 0.25) is 0 Å². The molecule has 0 spiro atoms. The number of hydrogen-bond acceptors (Lipinski definition) is 4. The molecule has 22 heavy (non-hydrogen) atoms. The van der Waals surface area contributed by atoms with Gasteiger partial charge in [-0.15, -0.1) is 0 Å².